The number of hydrogen-bond acceptors (Lipinski definition) is 5. The highest BCUT2D eigenvalue weighted by Gasteiger charge is 2.42. The molecule has 0 amide bonds. The van der Waals surface area contributed by atoms with Crippen LogP contribution in [0.3, 0.4) is 0 Å². The van der Waals surface area contributed by atoms with Gasteiger partial charge in [0.1, 0.15) is 0 Å². The van der Waals surface area contributed by atoms with Gasteiger partial charge in [-0.25, -0.2) is 4.79 Å². The molecular formula is C12H19F3N2O3. The number of rotatable bonds is 3. The summed E-state index contributed by atoms with van der Waals surface area (Å²) in [6, 6.07) is 0.258. The first-order chi connectivity index (χ1) is 9.47. The summed E-state index contributed by atoms with van der Waals surface area (Å²) in [5.41, 5.74) is 2.24. The Kier molecular flexibility index (Phi) is 5.22. The second-order valence-corrected chi connectivity index (χ2v) is 5.16. The standard InChI is InChI=1S/C12H19F3N2O3/c13-12(14,15)11(18)20-16-9-1-3-10(4-2-9)17-5-7-19-8-6-17/h9-10,16H,1-8H2. The maximum atomic E-state index is 12.0. The number of alkyl halides is 3. The largest absolute Gasteiger partial charge is 0.492 e. The van der Waals surface area contributed by atoms with Crippen LogP contribution in [-0.4, -0.2) is 55.4 Å². The van der Waals surface area contributed by atoms with Gasteiger partial charge >= 0.3 is 12.1 Å². The van der Waals surface area contributed by atoms with Crippen molar-refractivity contribution in [1.29, 1.82) is 0 Å². The lowest BCUT2D eigenvalue weighted by atomic mass is 9.90. The molecule has 1 N–H and O–H groups in total. The molecule has 5 nitrogen and oxygen atoms in total. The van der Waals surface area contributed by atoms with Crippen LogP contribution in [0, 0.1) is 0 Å². The molecule has 1 aliphatic carbocycles. The zero-order chi connectivity index (χ0) is 14.6. The minimum Gasteiger partial charge on any atom is -0.379 e. The SMILES string of the molecule is O=C(ONC1CCC(N2CCOCC2)CC1)C(F)(F)F. The highest BCUT2D eigenvalue weighted by Crippen LogP contribution is 2.24. The molecule has 20 heavy (non-hydrogen) atoms. The lowest BCUT2D eigenvalue weighted by Crippen LogP contribution is -2.47. The highest BCUT2D eigenvalue weighted by atomic mass is 19.4. The molecule has 1 saturated carbocycles. The van der Waals surface area contributed by atoms with Gasteiger partial charge in [-0.1, -0.05) is 0 Å². The number of hydrogen-bond donors (Lipinski definition) is 1. The van der Waals surface area contributed by atoms with Gasteiger partial charge in [-0.15, -0.1) is 5.48 Å². The third-order valence-corrected chi connectivity index (χ3v) is 3.81. The fourth-order valence-electron chi connectivity index (χ4n) is 2.70. The van der Waals surface area contributed by atoms with Gasteiger partial charge in [0, 0.05) is 25.2 Å². The Morgan fingerprint density at radius 2 is 1.75 bits per heavy atom. The van der Waals surface area contributed by atoms with E-state index in [9.17, 15) is 18.0 Å². The summed E-state index contributed by atoms with van der Waals surface area (Å²) in [5, 5.41) is 0. The molecule has 2 rings (SSSR count). The van der Waals surface area contributed by atoms with Crippen LogP contribution in [0.25, 0.3) is 0 Å². The lowest BCUT2D eigenvalue weighted by Gasteiger charge is -2.38. The predicted octanol–water partition coefficient (Wildman–Crippen LogP) is 1.24. The molecule has 0 unspecified atom stereocenters. The highest BCUT2D eigenvalue weighted by molar-refractivity contribution is 5.75. The fourth-order valence-corrected chi connectivity index (χ4v) is 2.70. The van der Waals surface area contributed by atoms with E-state index >= 15 is 0 Å². The van der Waals surface area contributed by atoms with Gasteiger partial charge in [-0.2, -0.15) is 13.2 Å². The normalized spacial score (nSPS) is 29.1. The van der Waals surface area contributed by atoms with Crippen molar-refractivity contribution in [2.24, 2.45) is 0 Å². The number of hydroxylamine groups is 1. The van der Waals surface area contributed by atoms with E-state index in [2.05, 4.69) is 15.2 Å². The van der Waals surface area contributed by atoms with E-state index < -0.39 is 12.1 Å². The molecule has 2 fully saturated rings. The Labute approximate surface area is 115 Å². The first-order valence-electron chi connectivity index (χ1n) is 6.82. The zero-order valence-electron chi connectivity index (χ0n) is 11.1. The minimum atomic E-state index is -4.95. The number of nitrogens with one attached hydrogen (secondary N) is 1. The van der Waals surface area contributed by atoms with E-state index in [1.165, 1.54) is 0 Å². The summed E-state index contributed by atoms with van der Waals surface area (Å²) in [6.45, 7) is 3.29. The van der Waals surface area contributed by atoms with Gasteiger partial charge in [-0.05, 0) is 25.7 Å². The van der Waals surface area contributed by atoms with Crippen LogP contribution in [-0.2, 0) is 14.4 Å². The van der Waals surface area contributed by atoms with Gasteiger partial charge in [0.15, 0.2) is 0 Å². The number of nitrogens with zero attached hydrogens (tertiary/aromatic N) is 1. The molecule has 0 atom stereocenters. The van der Waals surface area contributed by atoms with E-state index in [-0.39, 0.29) is 6.04 Å². The van der Waals surface area contributed by atoms with Crippen molar-refractivity contribution in [3.63, 3.8) is 0 Å². The van der Waals surface area contributed by atoms with Crippen molar-refractivity contribution in [2.75, 3.05) is 26.3 Å². The number of carbonyl (C=O) groups is 1. The molecule has 0 aromatic heterocycles. The smallest absolute Gasteiger partial charge is 0.379 e. The molecule has 1 aliphatic heterocycles. The van der Waals surface area contributed by atoms with E-state index in [0.717, 1.165) is 39.1 Å². The van der Waals surface area contributed by atoms with Crippen LogP contribution < -0.4 is 5.48 Å². The molecular weight excluding hydrogens is 277 g/mol. The lowest BCUT2D eigenvalue weighted by molar-refractivity contribution is -0.209. The van der Waals surface area contributed by atoms with Crippen LogP contribution in [0.4, 0.5) is 13.2 Å². The van der Waals surface area contributed by atoms with Gasteiger partial charge in [0.05, 0.1) is 13.2 Å². The molecule has 0 radical (unpaired) electrons. The molecule has 8 heteroatoms. The van der Waals surface area contributed by atoms with Crippen molar-refractivity contribution < 1.29 is 27.5 Å². The Hall–Kier alpha value is -0.860. The Balaban J connectivity index is 1.67. The number of carbonyl (C=O) groups excluding carboxylic acids is 1. The van der Waals surface area contributed by atoms with Crippen LogP contribution in [0.2, 0.25) is 0 Å². The molecule has 1 heterocycles. The third kappa shape index (κ3) is 4.32. The van der Waals surface area contributed by atoms with E-state index in [1.807, 2.05) is 0 Å². The Morgan fingerprint density at radius 1 is 1.15 bits per heavy atom. The Bertz CT molecular complexity index is 324. The average Bonchev–Trinajstić information content (AvgIpc) is 2.45. The summed E-state index contributed by atoms with van der Waals surface area (Å²) < 4.78 is 41.2. The van der Waals surface area contributed by atoms with Crippen LogP contribution >= 0.6 is 0 Å². The van der Waals surface area contributed by atoms with E-state index in [4.69, 9.17) is 4.74 Å². The first-order valence-corrected chi connectivity index (χ1v) is 6.82. The quantitative estimate of drug-likeness (QED) is 0.794. The van der Waals surface area contributed by atoms with Gasteiger partial charge in [-0.3, -0.25) is 4.90 Å². The van der Waals surface area contributed by atoms with E-state index in [0.29, 0.717) is 18.9 Å². The molecule has 1 saturated heterocycles. The predicted molar refractivity (Wildman–Crippen MR) is 63.7 cm³/mol. The first kappa shape index (κ1) is 15.5. The minimum absolute atomic E-state index is 0.196. The van der Waals surface area contributed by atoms with Crippen molar-refractivity contribution in [1.82, 2.24) is 10.4 Å². The molecule has 0 aromatic carbocycles. The van der Waals surface area contributed by atoms with Gasteiger partial charge in [0.25, 0.3) is 0 Å². The van der Waals surface area contributed by atoms with Crippen molar-refractivity contribution in [2.45, 2.75) is 43.9 Å². The summed E-state index contributed by atoms with van der Waals surface area (Å²) in [4.78, 5) is 17.0. The zero-order valence-corrected chi connectivity index (χ0v) is 11.1. The van der Waals surface area contributed by atoms with Gasteiger partial charge in [0.2, 0.25) is 0 Å². The summed E-state index contributed by atoms with van der Waals surface area (Å²) in [6.07, 6.45) is -1.76. The Morgan fingerprint density at radius 3 is 2.30 bits per heavy atom. The maximum Gasteiger partial charge on any atom is 0.492 e. The van der Waals surface area contributed by atoms with Gasteiger partial charge < -0.3 is 9.57 Å². The third-order valence-electron chi connectivity index (χ3n) is 3.81. The molecule has 2 aliphatic rings. The number of halogens is 3. The summed E-state index contributed by atoms with van der Waals surface area (Å²) in [5.74, 6) is -2.19. The second kappa shape index (κ2) is 6.73. The number of morpholine rings is 1. The van der Waals surface area contributed by atoms with Crippen molar-refractivity contribution in [3.8, 4) is 0 Å². The topological polar surface area (TPSA) is 50.8 Å². The van der Waals surface area contributed by atoms with Crippen LogP contribution in [0.15, 0.2) is 0 Å². The number of ether oxygens (including phenoxy) is 1. The van der Waals surface area contributed by atoms with Crippen molar-refractivity contribution >= 4 is 5.97 Å². The second-order valence-electron chi connectivity index (χ2n) is 5.16. The van der Waals surface area contributed by atoms with Crippen LogP contribution in [0.1, 0.15) is 25.7 Å². The van der Waals surface area contributed by atoms with Crippen molar-refractivity contribution in [3.05, 3.63) is 0 Å². The van der Waals surface area contributed by atoms with Crippen LogP contribution in [0.5, 0.6) is 0 Å². The average molecular weight is 296 g/mol. The van der Waals surface area contributed by atoms with E-state index in [1.54, 1.807) is 0 Å². The summed E-state index contributed by atoms with van der Waals surface area (Å²) in [7, 11) is 0. The molecule has 0 spiro atoms. The molecule has 116 valence electrons. The summed E-state index contributed by atoms with van der Waals surface area (Å²) >= 11 is 0. The molecule has 0 bridgehead atoms. The fraction of sp³-hybridized carbons (Fsp3) is 0.917. The maximum absolute atomic E-state index is 12.0. The monoisotopic (exact) mass is 296 g/mol. The molecule has 0 aromatic rings.